The summed E-state index contributed by atoms with van der Waals surface area (Å²) in [5.41, 5.74) is 1.25. The summed E-state index contributed by atoms with van der Waals surface area (Å²) in [6.45, 7) is 4.77. The number of rotatable bonds is 8. The monoisotopic (exact) mass is 457 g/mol. The number of hydrogen-bond donors (Lipinski definition) is 3. The molecule has 0 bridgehead atoms. The molecule has 2 aromatic rings. The van der Waals surface area contributed by atoms with E-state index in [4.69, 9.17) is 4.74 Å². The summed E-state index contributed by atoms with van der Waals surface area (Å²) in [4.78, 5) is 24.0. The highest BCUT2D eigenvalue weighted by atomic mass is 32.2. The predicted octanol–water partition coefficient (Wildman–Crippen LogP) is 2.84. The smallest absolute Gasteiger partial charge is 0.408 e. The highest BCUT2D eigenvalue weighted by molar-refractivity contribution is 7.92. The van der Waals surface area contributed by atoms with E-state index in [2.05, 4.69) is 22.5 Å². The van der Waals surface area contributed by atoms with Crippen LogP contribution in [0.25, 0.3) is 0 Å². The molecule has 32 heavy (non-hydrogen) atoms. The maximum atomic E-state index is 13.4. The van der Waals surface area contributed by atoms with Crippen molar-refractivity contribution < 1.29 is 22.7 Å². The molecule has 9 heteroatoms. The van der Waals surface area contributed by atoms with Crippen LogP contribution < -0.4 is 16.0 Å². The first-order valence-electron chi connectivity index (χ1n) is 10.4. The minimum atomic E-state index is -3.90. The van der Waals surface area contributed by atoms with Gasteiger partial charge in [0.15, 0.2) is 9.84 Å². The lowest BCUT2D eigenvalue weighted by atomic mass is 9.98. The number of piperidine rings is 1. The lowest BCUT2D eigenvalue weighted by Crippen LogP contribution is -2.49. The minimum absolute atomic E-state index is 0.0450. The fraction of sp³-hybridized carbons (Fsp3) is 0.304. The fourth-order valence-corrected chi connectivity index (χ4v) is 5.38. The second kappa shape index (κ2) is 10.9. The van der Waals surface area contributed by atoms with Gasteiger partial charge >= 0.3 is 6.09 Å². The van der Waals surface area contributed by atoms with E-state index in [9.17, 15) is 18.0 Å². The highest BCUT2D eigenvalue weighted by Crippen LogP contribution is 2.27. The van der Waals surface area contributed by atoms with Gasteiger partial charge in [-0.25, -0.2) is 13.2 Å². The third-order valence-electron chi connectivity index (χ3n) is 5.25. The summed E-state index contributed by atoms with van der Waals surface area (Å²) in [5, 5.41) is 7.25. The number of hydrogen-bond acceptors (Lipinski definition) is 6. The average Bonchev–Trinajstić information content (AvgIpc) is 2.82. The molecule has 1 aliphatic rings. The van der Waals surface area contributed by atoms with Gasteiger partial charge in [-0.3, -0.25) is 4.79 Å². The molecule has 1 heterocycles. The van der Waals surface area contributed by atoms with Gasteiger partial charge in [0.05, 0.1) is 4.90 Å². The zero-order valence-electron chi connectivity index (χ0n) is 17.6. The summed E-state index contributed by atoms with van der Waals surface area (Å²) >= 11 is 0. The molecule has 3 rings (SSSR count). The molecule has 2 amide bonds. The van der Waals surface area contributed by atoms with E-state index in [1.54, 1.807) is 0 Å². The minimum Gasteiger partial charge on any atom is -0.445 e. The Labute approximate surface area is 188 Å². The number of anilines is 1. The Bertz CT molecular complexity index is 1030. The molecule has 2 aromatic carbocycles. The van der Waals surface area contributed by atoms with Crippen molar-refractivity contribution >= 4 is 27.5 Å². The van der Waals surface area contributed by atoms with Crippen LogP contribution in [-0.4, -0.2) is 38.9 Å². The van der Waals surface area contributed by atoms with Gasteiger partial charge in [-0.2, -0.15) is 0 Å². The van der Waals surface area contributed by atoms with Gasteiger partial charge in [-0.1, -0.05) is 36.9 Å². The van der Waals surface area contributed by atoms with Gasteiger partial charge < -0.3 is 20.7 Å². The van der Waals surface area contributed by atoms with E-state index >= 15 is 0 Å². The maximum absolute atomic E-state index is 13.4. The summed E-state index contributed by atoms with van der Waals surface area (Å²) < 4.78 is 32.1. The topological polar surface area (TPSA) is 114 Å². The fourth-order valence-electron chi connectivity index (χ4n) is 3.54. The van der Waals surface area contributed by atoms with Crippen LogP contribution in [0.1, 0.15) is 18.4 Å². The van der Waals surface area contributed by atoms with E-state index in [1.165, 1.54) is 24.3 Å². The van der Waals surface area contributed by atoms with E-state index in [-0.39, 0.29) is 17.4 Å². The molecule has 1 unspecified atom stereocenters. The van der Waals surface area contributed by atoms with Crippen molar-refractivity contribution in [3.05, 3.63) is 72.8 Å². The van der Waals surface area contributed by atoms with Crippen LogP contribution in [0.4, 0.5) is 10.5 Å². The molecule has 3 N–H and O–H groups in total. The van der Waals surface area contributed by atoms with Gasteiger partial charge in [0.1, 0.15) is 12.0 Å². The predicted molar refractivity (Wildman–Crippen MR) is 122 cm³/mol. The van der Waals surface area contributed by atoms with E-state index in [0.29, 0.717) is 31.6 Å². The number of ether oxygens (including phenoxy) is 1. The second-order valence-electron chi connectivity index (χ2n) is 7.48. The van der Waals surface area contributed by atoms with Crippen molar-refractivity contribution in [2.24, 2.45) is 5.92 Å². The Morgan fingerprint density at radius 2 is 1.75 bits per heavy atom. The molecule has 0 spiro atoms. The lowest BCUT2D eigenvalue weighted by molar-refractivity contribution is -0.111. The third-order valence-corrected chi connectivity index (χ3v) is 7.36. The number of benzene rings is 2. The first-order valence-corrected chi connectivity index (χ1v) is 11.9. The van der Waals surface area contributed by atoms with Crippen molar-refractivity contribution in [1.82, 2.24) is 10.6 Å². The quantitative estimate of drug-likeness (QED) is 0.526. The Morgan fingerprint density at radius 1 is 1.09 bits per heavy atom. The van der Waals surface area contributed by atoms with Crippen molar-refractivity contribution in [3.63, 3.8) is 0 Å². The van der Waals surface area contributed by atoms with Gasteiger partial charge in [0, 0.05) is 5.69 Å². The van der Waals surface area contributed by atoms with Gasteiger partial charge in [-0.15, -0.1) is 0 Å². The summed E-state index contributed by atoms with van der Waals surface area (Å²) in [5.74, 6) is -0.651. The average molecular weight is 458 g/mol. The van der Waals surface area contributed by atoms with Crippen molar-refractivity contribution in [2.75, 3.05) is 18.4 Å². The van der Waals surface area contributed by atoms with Crippen LogP contribution in [0.2, 0.25) is 0 Å². The van der Waals surface area contributed by atoms with Gasteiger partial charge in [-0.05, 0) is 67.8 Å². The molecule has 8 nitrogen and oxygen atoms in total. The third kappa shape index (κ3) is 6.18. The molecule has 0 aromatic heterocycles. The first kappa shape index (κ1) is 23.5. The summed E-state index contributed by atoms with van der Waals surface area (Å²) in [6, 6.07) is 15.0. The Kier molecular flexibility index (Phi) is 8.02. The number of carbonyl (C=O) groups is 2. The second-order valence-corrected chi connectivity index (χ2v) is 9.55. The summed E-state index contributed by atoms with van der Waals surface area (Å²) in [7, 11) is -3.90. The number of nitrogens with one attached hydrogen (secondary N) is 3. The SMILES string of the molecule is C=CC(=O)Nc1ccc(S(=O)(=O)C(NC(=O)OCc2ccccc2)C2CCNCC2)cc1. The number of sulfone groups is 1. The molecule has 0 aliphatic carbocycles. The lowest BCUT2D eigenvalue weighted by Gasteiger charge is -2.30. The molecule has 170 valence electrons. The highest BCUT2D eigenvalue weighted by Gasteiger charge is 2.37. The molecule has 1 saturated heterocycles. The van der Waals surface area contributed by atoms with Gasteiger partial charge in [0.2, 0.25) is 5.91 Å². The van der Waals surface area contributed by atoms with E-state index in [1.807, 2.05) is 30.3 Å². The largest absolute Gasteiger partial charge is 0.445 e. The van der Waals surface area contributed by atoms with Crippen LogP contribution in [0.3, 0.4) is 0 Å². The van der Waals surface area contributed by atoms with Crippen LogP contribution in [0.5, 0.6) is 0 Å². The number of amides is 2. The van der Waals surface area contributed by atoms with E-state index in [0.717, 1.165) is 11.6 Å². The zero-order chi connectivity index (χ0) is 23.0. The Balaban J connectivity index is 1.76. The molecule has 0 saturated carbocycles. The van der Waals surface area contributed by atoms with Gasteiger partial charge in [0.25, 0.3) is 0 Å². The Morgan fingerprint density at radius 3 is 2.38 bits per heavy atom. The summed E-state index contributed by atoms with van der Waals surface area (Å²) in [6.07, 6.45) is 1.56. The van der Waals surface area contributed by atoms with Crippen molar-refractivity contribution in [1.29, 1.82) is 0 Å². The first-order chi connectivity index (χ1) is 15.4. The molecule has 1 atom stereocenters. The molecule has 0 radical (unpaired) electrons. The van der Waals surface area contributed by atoms with Crippen molar-refractivity contribution in [3.8, 4) is 0 Å². The van der Waals surface area contributed by atoms with Crippen LogP contribution >= 0.6 is 0 Å². The molecular weight excluding hydrogens is 430 g/mol. The normalized spacial score (nSPS) is 15.4. The maximum Gasteiger partial charge on any atom is 0.408 e. The number of carbonyl (C=O) groups excluding carboxylic acids is 2. The molecule has 1 aliphatic heterocycles. The Hall–Kier alpha value is -3.17. The van der Waals surface area contributed by atoms with Crippen LogP contribution in [0.15, 0.2) is 72.1 Å². The van der Waals surface area contributed by atoms with Crippen LogP contribution in [-0.2, 0) is 26.0 Å². The zero-order valence-corrected chi connectivity index (χ0v) is 18.4. The van der Waals surface area contributed by atoms with E-state index < -0.39 is 27.2 Å². The molecule has 1 fully saturated rings. The van der Waals surface area contributed by atoms with Crippen LogP contribution in [0, 0.1) is 5.92 Å². The number of alkyl carbamates (subject to hydrolysis) is 1. The standard InChI is InChI=1S/C23H27N3O5S/c1-2-21(27)25-19-8-10-20(11-9-19)32(29,30)22(18-12-14-24-15-13-18)26-23(28)31-16-17-6-4-3-5-7-17/h2-11,18,22,24H,1,12-16H2,(H,25,27)(H,26,28). The van der Waals surface area contributed by atoms with Crippen molar-refractivity contribution in [2.45, 2.75) is 29.7 Å². The molecular formula is C23H27N3O5S.